The Balaban J connectivity index is 2.13. The zero-order chi connectivity index (χ0) is 14.4. The second-order valence-electron chi connectivity index (χ2n) is 6.53. The Morgan fingerprint density at radius 2 is 1.75 bits per heavy atom. The van der Waals surface area contributed by atoms with E-state index in [9.17, 15) is 5.11 Å². The van der Waals surface area contributed by atoms with Crippen molar-refractivity contribution in [3.05, 3.63) is 35.9 Å². The van der Waals surface area contributed by atoms with Crippen LogP contribution < -0.4 is 0 Å². The summed E-state index contributed by atoms with van der Waals surface area (Å²) in [5.74, 6) is 0.431. The molecule has 1 atom stereocenters. The minimum absolute atomic E-state index is 0.431. The van der Waals surface area contributed by atoms with Crippen LogP contribution in [0.4, 0.5) is 0 Å². The molecule has 0 heterocycles. The SMILES string of the molecule is CN(C)CCCC(O)(c1ccccc1)C1CCCCC1. The zero-order valence-corrected chi connectivity index (χ0v) is 13.0. The van der Waals surface area contributed by atoms with Gasteiger partial charge in [-0.15, -0.1) is 0 Å². The van der Waals surface area contributed by atoms with E-state index < -0.39 is 5.60 Å². The Bertz CT molecular complexity index is 384. The molecule has 0 spiro atoms. The molecule has 1 N–H and O–H groups in total. The molecule has 1 aromatic rings. The molecule has 0 amide bonds. The number of nitrogens with zero attached hydrogens (tertiary/aromatic N) is 1. The van der Waals surface area contributed by atoms with Gasteiger partial charge in [0.25, 0.3) is 0 Å². The first kappa shape index (κ1) is 15.5. The third-order valence-electron chi connectivity index (χ3n) is 4.72. The molecule has 1 fully saturated rings. The maximum absolute atomic E-state index is 11.4. The minimum atomic E-state index is -0.627. The third kappa shape index (κ3) is 3.83. The largest absolute Gasteiger partial charge is 0.385 e. The Kier molecular flexibility index (Phi) is 5.62. The number of hydrogen-bond donors (Lipinski definition) is 1. The second-order valence-corrected chi connectivity index (χ2v) is 6.53. The van der Waals surface area contributed by atoms with E-state index in [1.807, 2.05) is 6.07 Å². The molecule has 20 heavy (non-hydrogen) atoms. The van der Waals surface area contributed by atoms with E-state index in [2.05, 4.69) is 43.3 Å². The van der Waals surface area contributed by atoms with Gasteiger partial charge in [-0.05, 0) is 57.8 Å². The van der Waals surface area contributed by atoms with Gasteiger partial charge in [0, 0.05) is 0 Å². The molecule has 2 rings (SSSR count). The highest BCUT2D eigenvalue weighted by atomic mass is 16.3. The van der Waals surface area contributed by atoms with E-state index in [0.29, 0.717) is 5.92 Å². The topological polar surface area (TPSA) is 23.5 Å². The van der Waals surface area contributed by atoms with E-state index in [1.165, 1.54) is 32.1 Å². The van der Waals surface area contributed by atoms with Crippen molar-refractivity contribution >= 4 is 0 Å². The van der Waals surface area contributed by atoms with Crippen molar-refractivity contribution in [1.29, 1.82) is 0 Å². The number of hydrogen-bond acceptors (Lipinski definition) is 2. The first-order valence-corrected chi connectivity index (χ1v) is 8.05. The van der Waals surface area contributed by atoms with Gasteiger partial charge >= 0.3 is 0 Å². The van der Waals surface area contributed by atoms with Crippen LogP contribution in [0.5, 0.6) is 0 Å². The summed E-state index contributed by atoms with van der Waals surface area (Å²) in [4.78, 5) is 2.20. The average Bonchev–Trinajstić information content (AvgIpc) is 2.48. The molecule has 0 bridgehead atoms. The van der Waals surface area contributed by atoms with Gasteiger partial charge in [0.1, 0.15) is 0 Å². The lowest BCUT2D eigenvalue weighted by atomic mass is 9.71. The van der Waals surface area contributed by atoms with Crippen molar-refractivity contribution in [3.8, 4) is 0 Å². The Labute approximate surface area is 123 Å². The summed E-state index contributed by atoms with van der Waals surface area (Å²) in [6.07, 6.45) is 8.15. The number of aliphatic hydroxyl groups is 1. The lowest BCUT2D eigenvalue weighted by Crippen LogP contribution is -2.37. The van der Waals surface area contributed by atoms with Gasteiger partial charge in [0.15, 0.2) is 0 Å². The first-order valence-electron chi connectivity index (χ1n) is 8.05. The standard InChI is InChI=1S/C18H29NO/c1-19(2)15-9-14-18(20,16-10-5-3-6-11-16)17-12-7-4-8-13-17/h3,5-6,10-11,17,20H,4,7-9,12-15H2,1-2H3. The Morgan fingerprint density at radius 3 is 2.35 bits per heavy atom. The summed E-state index contributed by atoms with van der Waals surface area (Å²) in [6.45, 7) is 1.04. The summed E-state index contributed by atoms with van der Waals surface area (Å²) in [5, 5.41) is 11.4. The summed E-state index contributed by atoms with van der Waals surface area (Å²) in [5.41, 5.74) is 0.489. The van der Waals surface area contributed by atoms with Crippen molar-refractivity contribution in [2.75, 3.05) is 20.6 Å². The summed E-state index contributed by atoms with van der Waals surface area (Å²) in [6, 6.07) is 10.3. The molecular formula is C18H29NO. The quantitative estimate of drug-likeness (QED) is 0.853. The van der Waals surface area contributed by atoms with E-state index >= 15 is 0 Å². The fourth-order valence-electron chi connectivity index (χ4n) is 3.56. The summed E-state index contributed by atoms with van der Waals surface area (Å²) in [7, 11) is 4.20. The predicted molar refractivity (Wildman–Crippen MR) is 84.7 cm³/mol. The lowest BCUT2D eigenvalue weighted by molar-refractivity contribution is -0.0484. The molecule has 1 aliphatic rings. The average molecular weight is 275 g/mol. The minimum Gasteiger partial charge on any atom is -0.385 e. The van der Waals surface area contributed by atoms with Crippen molar-refractivity contribution in [2.24, 2.45) is 5.92 Å². The molecule has 1 aliphatic carbocycles. The van der Waals surface area contributed by atoms with Crippen LogP contribution in [0.25, 0.3) is 0 Å². The van der Waals surface area contributed by atoms with Gasteiger partial charge in [-0.25, -0.2) is 0 Å². The zero-order valence-electron chi connectivity index (χ0n) is 13.0. The van der Waals surface area contributed by atoms with Crippen LogP contribution in [-0.4, -0.2) is 30.6 Å². The summed E-state index contributed by atoms with van der Waals surface area (Å²) >= 11 is 0. The van der Waals surface area contributed by atoms with Crippen LogP contribution in [0.1, 0.15) is 50.5 Å². The van der Waals surface area contributed by atoms with Gasteiger partial charge in [0.05, 0.1) is 5.60 Å². The van der Waals surface area contributed by atoms with Crippen LogP contribution in [0.15, 0.2) is 30.3 Å². The van der Waals surface area contributed by atoms with E-state index in [1.54, 1.807) is 0 Å². The van der Waals surface area contributed by atoms with Crippen molar-refractivity contribution in [1.82, 2.24) is 4.90 Å². The van der Waals surface area contributed by atoms with E-state index in [4.69, 9.17) is 0 Å². The smallest absolute Gasteiger partial charge is 0.0925 e. The first-order chi connectivity index (χ1) is 9.63. The maximum Gasteiger partial charge on any atom is 0.0925 e. The molecule has 112 valence electrons. The highest BCUT2D eigenvalue weighted by Crippen LogP contribution is 2.42. The van der Waals surface area contributed by atoms with Crippen LogP contribution in [0, 0.1) is 5.92 Å². The molecule has 0 radical (unpaired) electrons. The van der Waals surface area contributed by atoms with Crippen LogP contribution in [0.2, 0.25) is 0 Å². The molecule has 1 saturated carbocycles. The molecule has 1 unspecified atom stereocenters. The van der Waals surface area contributed by atoms with Crippen molar-refractivity contribution in [3.63, 3.8) is 0 Å². The Morgan fingerprint density at radius 1 is 1.10 bits per heavy atom. The van der Waals surface area contributed by atoms with Gasteiger partial charge in [0.2, 0.25) is 0 Å². The van der Waals surface area contributed by atoms with Gasteiger partial charge in [-0.1, -0.05) is 49.6 Å². The lowest BCUT2D eigenvalue weighted by Gasteiger charge is -2.39. The monoisotopic (exact) mass is 275 g/mol. The van der Waals surface area contributed by atoms with Gasteiger partial charge in [-0.3, -0.25) is 0 Å². The molecule has 2 heteroatoms. The maximum atomic E-state index is 11.4. The summed E-state index contributed by atoms with van der Waals surface area (Å²) < 4.78 is 0. The van der Waals surface area contributed by atoms with Crippen molar-refractivity contribution < 1.29 is 5.11 Å². The molecule has 0 aromatic heterocycles. The van der Waals surface area contributed by atoms with Gasteiger partial charge in [-0.2, -0.15) is 0 Å². The normalized spacial score (nSPS) is 20.0. The van der Waals surface area contributed by atoms with Crippen LogP contribution in [-0.2, 0) is 5.60 Å². The molecule has 0 saturated heterocycles. The highest BCUT2D eigenvalue weighted by Gasteiger charge is 2.38. The third-order valence-corrected chi connectivity index (χ3v) is 4.72. The van der Waals surface area contributed by atoms with E-state index in [0.717, 1.165) is 24.9 Å². The number of rotatable bonds is 6. The molecule has 0 aliphatic heterocycles. The molecule has 2 nitrogen and oxygen atoms in total. The molecular weight excluding hydrogens is 246 g/mol. The van der Waals surface area contributed by atoms with Gasteiger partial charge < -0.3 is 10.0 Å². The van der Waals surface area contributed by atoms with Crippen molar-refractivity contribution in [2.45, 2.75) is 50.5 Å². The van der Waals surface area contributed by atoms with Crippen LogP contribution >= 0.6 is 0 Å². The number of benzene rings is 1. The predicted octanol–water partition coefficient (Wildman–Crippen LogP) is 3.80. The highest BCUT2D eigenvalue weighted by molar-refractivity contribution is 5.23. The van der Waals surface area contributed by atoms with E-state index in [-0.39, 0.29) is 0 Å². The second kappa shape index (κ2) is 7.24. The fraction of sp³-hybridized carbons (Fsp3) is 0.667. The molecule has 1 aromatic carbocycles. The van der Waals surface area contributed by atoms with Crippen LogP contribution in [0.3, 0.4) is 0 Å². The Hall–Kier alpha value is -0.860. The fourth-order valence-corrected chi connectivity index (χ4v) is 3.56.